The van der Waals surface area contributed by atoms with Gasteiger partial charge >= 0.3 is 0 Å². The predicted octanol–water partition coefficient (Wildman–Crippen LogP) is 6.14. The second kappa shape index (κ2) is 9.25. The molecule has 0 saturated carbocycles. The van der Waals surface area contributed by atoms with Crippen molar-refractivity contribution in [3.8, 4) is 17.1 Å². The Morgan fingerprint density at radius 2 is 1.77 bits per heavy atom. The molecule has 3 aromatic carbocycles. The molecule has 0 unspecified atom stereocenters. The maximum atomic E-state index is 6.08. The Bertz CT molecular complexity index is 1210. The summed E-state index contributed by atoms with van der Waals surface area (Å²) in [6, 6.07) is 19.0. The number of hydrogen-bond acceptors (Lipinski definition) is 3. The van der Waals surface area contributed by atoms with Gasteiger partial charge in [0.05, 0.1) is 11.0 Å². The highest BCUT2D eigenvalue weighted by atomic mass is 79.9. The van der Waals surface area contributed by atoms with Crippen LogP contribution in [0.3, 0.4) is 0 Å². The monoisotopic (exact) mass is 477 g/mol. The molecule has 31 heavy (non-hydrogen) atoms. The Balaban J connectivity index is 1.76. The van der Waals surface area contributed by atoms with Crippen LogP contribution in [-0.4, -0.2) is 42.1 Å². The van der Waals surface area contributed by atoms with E-state index in [1.54, 1.807) is 0 Å². The molecule has 0 atom stereocenters. The van der Waals surface area contributed by atoms with Gasteiger partial charge in [-0.25, -0.2) is 4.98 Å². The molecule has 1 heterocycles. The van der Waals surface area contributed by atoms with E-state index in [2.05, 4.69) is 102 Å². The lowest BCUT2D eigenvalue weighted by Crippen LogP contribution is -2.19. The van der Waals surface area contributed by atoms with Crippen molar-refractivity contribution in [3.05, 3.63) is 81.3 Å². The minimum Gasteiger partial charge on any atom is -0.492 e. The molecule has 0 aliphatic heterocycles. The molecule has 5 heteroatoms. The van der Waals surface area contributed by atoms with Crippen molar-refractivity contribution < 1.29 is 4.74 Å². The first-order valence-corrected chi connectivity index (χ1v) is 11.3. The van der Waals surface area contributed by atoms with Crippen LogP contribution in [0.5, 0.6) is 5.75 Å². The normalized spacial score (nSPS) is 11.4. The molecule has 0 amide bonds. The van der Waals surface area contributed by atoms with Crippen molar-refractivity contribution in [3.63, 3.8) is 0 Å². The van der Waals surface area contributed by atoms with E-state index in [1.165, 1.54) is 16.7 Å². The number of nitrogens with one attached hydrogen (secondary N) is 1. The van der Waals surface area contributed by atoms with E-state index in [1.807, 2.05) is 6.07 Å². The zero-order valence-corrected chi connectivity index (χ0v) is 20.1. The molecule has 1 aromatic heterocycles. The largest absolute Gasteiger partial charge is 0.492 e. The van der Waals surface area contributed by atoms with E-state index in [9.17, 15) is 0 Å². The predicted molar refractivity (Wildman–Crippen MR) is 132 cm³/mol. The Labute approximate surface area is 192 Å². The summed E-state index contributed by atoms with van der Waals surface area (Å²) in [4.78, 5) is 10.6. The van der Waals surface area contributed by atoms with Crippen LogP contribution in [-0.2, 0) is 6.42 Å². The number of H-pyrrole nitrogens is 1. The van der Waals surface area contributed by atoms with Crippen LogP contribution < -0.4 is 4.74 Å². The number of hydrogen-bond donors (Lipinski definition) is 1. The minimum atomic E-state index is 0.644. The Hall–Kier alpha value is -2.63. The van der Waals surface area contributed by atoms with Gasteiger partial charge in [0, 0.05) is 29.1 Å². The lowest BCUT2D eigenvalue weighted by atomic mass is 10.0. The van der Waals surface area contributed by atoms with Crippen molar-refractivity contribution in [2.75, 3.05) is 27.2 Å². The number of rotatable bonds is 7. The van der Waals surface area contributed by atoms with Crippen molar-refractivity contribution in [2.24, 2.45) is 0 Å². The summed E-state index contributed by atoms with van der Waals surface area (Å²) in [6.45, 7) is 5.78. The van der Waals surface area contributed by atoms with Crippen LogP contribution in [0.4, 0.5) is 0 Å². The maximum absolute atomic E-state index is 6.08. The average molecular weight is 478 g/mol. The SMILES string of the molecule is Cc1ccc(-c2nc3c(Cc4ccccc4Br)cc(OCCN(C)C)cc3[nH]2)cc1C. The van der Waals surface area contributed by atoms with Crippen molar-refractivity contribution in [1.29, 1.82) is 0 Å². The molecule has 0 fully saturated rings. The molecule has 4 nitrogen and oxygen atoms in total. The molecule has 160 valence electrons. The lowest BCUT2D eigenvalue weighted by molar-refractivity contribution is 0.261. The molecule has 0 saturated heterocycles. The number of aromatic amines is 1. The van der Waals surface area contributed by atoms with Gasteiger partial charge in [0.2, 0.25) is 0 Å². The van der Waals surface area contributed by atoms with Crippen LogP contribution in [0.1, 0.15) is 22.3 Å². The van der Waals surface area contributed by atoms with Gasteiger partial charge in [-0.2, -0.15) is 0 Å². The second-order valence-corrected chi connectivity index (χ2v) is 9.14. The average Bonchev–Trinajstić information content (AvgIpc) is 3.16. The van der Waals surface area contributed by atoms with Crippen LogP contribution in [0.2, 0.25) is 0 Å². The number of aryl methyl sites for hydroxylation is 2. The van der Waals surface area contributed by atoms with Gasteiger partial charge in [-0.05, 0) is 68.4 Å². The molecule has 0 radical (unpaired) electrons. The fourth-order valence-corrected chi connectivity index (χ4v) is 4.02. The van der Waals surface area contributed by atoms with Crippen molar-refractivity contribution in [1.82, 2.24) is 14.9 Å². The zero-order chi connectivity index (χ0) is 22.0. The fraction of sp³-hybridized carbons (Fsp3) is 0.269. The number of halogens is 1. The number of aromatic nitrogens is 2. The Morgan fingerprint density at radius 1 is 0.968 bits per heavy atom. The smallest absolute Gasteiger partial charge is 0.138 e. The third-order valence-electron chi connectivity index (χ3n) is 5.57. The van der Waals surface area contributed by atoms with Gasteiger partial charge in [0.25, 0.3) is 0 Å². The minimum absolute atomic E-state index is 0.644. The Kier molecular flexibility index (Phi) is 6.44. The molecular formula is C26H28BrN3O. The quantitative estimate of drug-likeness (QED) is 0.347. The van der Waals surface area contributed by atoms with Gasteiger partial charge in [-0.1, -0.05) is 46.3 Å². The highest BCUT2D eigenvalue weighted by Crippen LogP contribution is 2.31. The van der Waals surface area contributed by atoms with Gasteiger partial charge in [0.1, 0.15) is 18.2 Å². The Morgan fingerprint density at radius 3 is 2.52 bits per heavy atom. The summed E-state index contributed by atoms with van der Waals surface area (Å²) in [6.07, 6.45) is 0.778. The van der Waals surface area contributed by atoms with E-state index >= 15 is 0 Å². The lowest BCUT2D eigenvalue weighted by Gasteiger charge is -2.12. The first-order valence-electron chi connectivity index (χ1n) is 10.5. The highest BCUT2D eigenvalue weighted by molar-refractivity contribution is 9.10. The summed E-state index contributed by atoms with van der Waals surface area (Å²) >= 11 is 3.69. The van der Waals surface area contributed by atoms with E-state index in [0.29, 0.717) is 6.61 Å². The van der Waals surface area contributed by atoms with Crippen molar-refractivity contribution in [2.45, 2.75) is 20.3 Å². The number of benzene rings is 3. The van der Waals surface area contributed by atoms with Crippen LogP contribution >= 0.6 is 15.9 Å². The van der Waals surface area contributed by atoms with E-state index < -0.39 is 0 Å². The maximum Gasteiger partial charge on any atom is 0.138 e. The summed E-state index contributed by atoms with van der Waals surface area (Å²) in [5.74, 6) is 1.75. The highest BCUT2D eigenvalue weighted by Gasteiger charge is 2.14. The summed E-state index contributed by atoms with van der Waals surface area (Å²) in [5.41, 5.74) is 8.01. The van der Waals surface area contributed by atoms with Gasteiger partial charge in [-0.15, -0.1) is 0 Å². The van der Waals surface area contributed by atoms with E-state index in [4.69, 9.17) is 9.72 Å². The molecular weight excluding hydrogens is 450 g/mol. The number of ether oxygens (including phenoxy) is 1. The number of nitrogens with zero attached hydrogens (tertiary/aromatic N) is 2. The van der Waals surface area contributed by atoms with Crippen LogP contribution in [0, 0.1) is 13.8 Å². The molecule has 4 aromatic rings. The van der Waals surface area contributed by atoms with Gasteiger partial charge < -0.3 is 14.6 Å². The molecule has 4 rings (SSSR count). The van der Waals surface area contributed by atoms with E-state index in [0.717, 1.165) is 51.2 Å². The van der Waals surface area contributed by atoms with Gasteiger partial charge in [-0.3, -0.25) is 0 Å². The molecule has 1 N–H and O–H groups in total. The molecule has 0 aliphatic carbocycles. The van der Waals surface area contributed by atoms with Crippen LogP contribution in [0.15, 0.2) is 59.1 Å². The van der Waals surface area contributed by atoms with Gasteiger partial charge in [0.15, 0.2) is 0 Å². The summed E-state index contributed by atoms with van der Waals surface area (Å²) in [5, 5.41) is 0. The molecule has 0 spiro atoms. The topological polar surface area (TPSA) is 41.1 Å². The fourth-order valence-electron chi connectivity index (χ4n) is 3.60. The summed E-state index contributed by atoms with van der Waals surface area (Å²) in [7, 11) is 4.10. The molecule has 0 bridgehead atoms. The molecule has 0 aliphatic rings. The number of fused-ring (bicyclic) bond motifs is 1. The standard InChI is InChI=1S/C26H28BrN3O/c1-17-9-10-20(13-18(17)2)26-28-24-16-22(31-12-11-30(3)4)15-21(25(24)29-26)14-19-7-5-6-8-23(19)27/h5-10,13,15-16H,11-12,14H2,1-4H3,(H,28,29). The number of likely N-dealkylation sites (N-methyl/N-ethyl adjacent to an activating group) is 1. The third kappa shape index (κ3) is 5.00. The van der Waals surface area contributed by atoms with Crippen molar-refractivity contribution >= 4 is 27.0 Å². The first kappa shape index (κ1) is 21.6. The van der Waals surface area contributed by atoms with Crippen LogP contribution in [0.25, 0.3) is 22.4 Å². The first-order chi connectivity index (χ1) is 14.9. The zero-order valence-electron chi connectivity index (χ0n) is 18.5. The second-order valence-electron chi connectivity index (χ2n) is 8.28. The summed E-state index contributed by atoms with van der Waals surface area (Å²) < 4.78 is 7.19. The third-order valence-corrected chi connectivity index (χ3v) is 6.34. The number of imidazole rings is 1. The van der Waals surface area contributed by atoms with E-state index in [-0.39, 0.29) is 0 Å².